The molecule has 1 aromatic carbocycles. The summed E-state index contributed by atoms with van der Waals surface area (Å²) in [6.07, 6.45) is 1.87. The predicted octanol–water partition coefficient (Wildman–Crippen LogP) is 2.16. The van der Waals surface area contributed by atoms with Gasteiger partial charge in [0.25, 0.3) is 0 Å². The Morgan fingerprint density at radius 1 is 1.07 bits per heavy atom. The largest absolute Gasteiger partial charge is 0.382 e. The number of rotatable bonds is 4. The summed E-state index contributed by atoms with van der Waals surface area (Å²) in [6.45, 7) is 10.3. The molecular weight excluding hydrogens is 352 g/mol. The van der Waals surface area contributed by atoms with Gasteiger partial charge in [0.1, 0.15) is 0 Å². The van der Waals surface area contributed by atoms with E-state index >= 15 is 0 Å². The maximum absolute atomic E-state index is 12.6. The van der Waals surface area contributed by atoms with Crippen molar-refractivity contribution in [2.75, 3.05) is 51.6 Å². The summed E-state index contributed by atoms with van der Waals surface area (Å²) >= 11 is 0. The van der Waals surface area contributed by atoms with E-state index in [2.05, 4.69) is 50.4 Å². The third-order valence-corrected chi connectivity index (χ3v) is 5.81. The highest BCUT2D eigenvalue weighted by Crippen LogP contribution is 2.24. The summed E-state index contributed by atoms with van der Waals surface area (Å²) in [5, 5.41) is 3.60. The third kappa shape index (κ3) is 5.25. The SMILES string of the molecule is CN1CCN(CC(=O)N2CCC(Nc3ccc(C(C)(C)C)cc3)CC2)C(=O)C1. The van der Waals surface area contributed by atoms with Gasteiger partial charge in [0.2, 0.25) is 11.8 Å². The Balaban J connectivity index is 1.45. The van der Waals surface area contributed by atoms with E-state index in [0.717, 1.165) is 38.2 Å². The summed E-state index contributed by atoms with van der Waals surface area (Å²) in [5.74, 6) is 0.128. The average Bonchev–Trinajstić information content (AvgIpc) is 2.64. The number of hydrogen-bond acceptors (Lipinski definition) is 4. The number of amides is 2. The summed E-state index contributed by atoms with van der Waals surface area (Å²) < 4.78 is 0. The molecule has 6 heteroatoms. The summed E-state index contributed by atoms with van der Waals surface area (Å²) in [6, 6.07) is 9.06. The third-order valence-electron chi connectivity index (χ3n) is 5.81. The van der Waals surface area contributed by atoms with Gasteiger partial charge < -0.3 is 15.1 Å². The van der Waals surface area contributed by atoms with Crippen LogP contribution in [0.25, 0.3) is 0 Å². The molecule has 2 amide bonds. The normalized spacial score (nSPS) is 19.8. The van der Waals surface area contributed by atoms with E-state index in [9.17, 15) is 9.59 Å². The van der Waals surface area contributed by atoms with Crippen molar-refractivity contribution in [3.05, 3.63) is 29.8 Å². The number of anilines is 1. The minimum atomic E-state index is 0.0531. The number of benzene rings is 1. The Morgan fingerprint density at radius 2 is 1.71 bits per heavy atom. The molecule has 2 saturated heterocycles. The number of nitrogens with zero attached hydrogens (tertiary/aromatic N) is 3. The first-order valence-electron chi connectivity index (χ1n) is 10.3. The van der Waals surface area contributed by atoms with E-state index in [0.29, 0.717) is 19.1 Å². The molecule has 0 radical (unpaired) electrons. The van der Waals surface area contributed by atoms with Crippen molar-refractivity contribution >= 4 is 17.5 Å². The van der Waals surface area contributed by atoms with Crippen molar-refractivity contribution in [3.8, 4) is 0 Å². The molecule has 0 aromatic heterocycles. The van der Waals surface area contributed by atoms with Gasteiger partial charge in [-0.25, -0.2) is 0 Å². The molecule has 0 aliphatic carbocycles. The molecule has 28 heavy (non-hydrogen) atoms. The van der Waals surface area contributed by atoms with Crippen LogP contribution in [0.1, 0.15) is 39.2 Å². The van der Waals surface area contributed by atoms with Crippen LogP contribution in [-0.4, -0.2) is 78.9 Å². The smallest absolute Gasteiger partial charge is 0.242 e. The van der Waals surface area contributed by atoms with Crippen LogP contribution in [0.3, 0.4) is 0 Å². The Morgan fingerprint density at radius 3 is 2.29 bits per heavy atom. The number of likely N-dealkylation sites (tertiary alicyclic amines) is 1. The molecular formula is C22H34N4O2. The van der Waals surface area contributed by atoms with Crippen LogP contribution in [0.15, 0.2) is 24.3 Å². The molecule has 2 aliphatic heterocycles. The highest BCUT2D eigenvalue weighted by atomic mass is 16.2. The molecule has 2 aliphatic rings. The van der Waals surface area contributed by atoms with Gasteiger partial charge in [-0.15, -0.1) is 0 Å². The molecule has 0 bridgehead atoms. The lowest BCUT2D eigenvalue weighted by Crippen LogP contribution is -2.53. The number of hydrogen-bond donors (Lipinski definition) is 1. The van der Waals surface area contributed by atoms with Gasteiger partial charge in [0.15, 0.2) is 0 Å². The lowest BCUT2D eigenvalue weighted by atomic mass is 9.87. The number of likely N-dealkylation sites (N-methyl/N-ethyl adjacent to an activating group) is 1. The van der Waals surface area contributed by atoms with Gasteiger partial charge in [-0.05, 0) is 43.0 Å². The quantitative estimate of drug-likeness (QED) is 0.862. The Kier molecular flexibility index (Phi) is 6.28. The highest BCUT2D eigenvalue weighted by molar-refractivity contribution is 5.86. The van der Waals surface area contributed by atoms with E-state index in [1.165, 1.54) is 5.56 Å². The van der Waals surface area contributed by atoms with Gasteiger partial charge in [0.05, 0.1) is 13.1 Å². The zero-order valence-corrected chi connectivity index (χ0v) is 17.7. The second-order valence-corrected chi connectivity index (χ2v) is 9.18. The van der Waals surface area contributed by atoms with E-state index in [-0.39, 0.29) is 23.8 Å². The minimum absolute atomic E-state index is 0.0531. The average molecular weight is 387 g/mol. The van der Waals surface area contributed by atoms with Crippen LogP contribution in [0.5, 0.6) is 0 Å². The molecule has 2 fully saturated rings. The number of piperidine rings is 1. The predicted molar refractivity (Wildman–Crippen MR) is 112 cm³/mol. The zero-order valence-electron chi connectivity index (χ0n) is 17.7. The fourth-order valence-corrected chi connectivity index (χ4v) is 3.83. The maximum atomic E-state index is 12.6. The Hall–Kier alpha value is -2.08. The van der Waals surface area contributed by atoms with Crippen molar-refractivity contribution < 1.29 is 9.59 Å². The van der Waals surface area contributed by atoms with Crippen molar-refractivity contribution in [1.29, 1.82) is 0 Å². The zero-order chi connectivity index (χ0) is 20.3. The lowest BCUT2D eigenvalue weighted by molar-refractivity contribution is -0.143. The second kappa shape index (κ2) is 8.52. The minimum Gasteiger partial charge on any atom is -0.382 e. The molecule has 0 atom stereocenters. The van der Waals surface area contributed by atoms with E-state index in [1.807, 2.05) is 16.8 Å². The molecule has 154 valence electrons. The fraction of sp³-hybridized carbons (Fsp3) is 0.636. The Labute approximate surface area is 168 Å². The van der Waals surface area contributed by atoms with E-state index in [4.69, 9.17) is 0 Å². The van der Waals surface area contributed by atoms with Crippen LogP contribution in [0.4, 0.5) is 5.69 Å². The summed E-state index contributed by atoms with van der Waals surface area (Å²) in [5.41, 5.74) is 2.63. The molecule has 1 aromatic rings. The van der Waals surface area contributed by atoms with E-state index in [1.54, 1.807) is 4.90 Å². The standard InChI is InChI=1S/C22H34N4O2/c1-22(2,3)17-5-7-18(8-6-17)23-19-9-11-25(12-10-19)21(28)16-26-14-13-24(4)15-20(26)27/h5-8,19,23H,9-16H2,1-4H3. The van der Waals surface area contributed by atoms with E-state index < -0.39 is 0 Å². The first-order chi connectivity index (χ1) is 13.2. The first-order valence-corrected chi connectivity index (χ1v) is 10.3. The molecule has 3 rings (SSSR count). The van der Waals surface area contributed by atoms with Gasteiger partial charge in [-0.1, -0.05) is 32.9 Å². The Bertz CT molecular complexity index is 687. The van der Waals surface area contributed by atoms with Crippen molar-refractivity contribution in [2.24, 2.45) is 0 Å². The van der Waals surface area contributed by atoms with Crippen molar-refractivity contribution in [3.63, 3.8) is 0 Å². The molecule has 2 heterocycles. The van der Waals surface area contributed by atoms with Crippen LogP contribution < -0.4 is 5.32 Å². The van der Waals surface area contributed by atoms with Crippen molar-refractivity contribution in [1.82, 2.24) is 14.7 Å². The van der Waals surface area contributed by atoms with Gasteiger partial charge in [0, 0.05) is 37.9 Å². The summed E-state index contributed by atoms with van der Waals surface area (Å²) in [7, 11) is 1.94. The number of piperazine rings is 1. The molecule has 0 saturated carbocycles. The van der Waals surface area contributed by atoms with Crippen LogP contribution in [0, 0.1) is 0 Å². The number of nitrogens with one attached hydrogen (secondary N) is 1. The maximum Gasteiger partial charge on any atom is 0.242 e. The molecule has 6 nitrogen and oxygen atoms in total. The van der Waals surface area contributed by atoms with Crippen LogP contribution >= 0.6 is 0 Å². The van der Waals surface area contributed by atoms with Gasteiger partial charge in [-0.2, -0.15) is 0 Å². The fourth-order valence-electron chi connectivity index (χ4n) is 3.83. The topological polar surface area (TPSA) is 55.9 Å². The first kappa shape index (κ1) is 20.6. The lowest BCUT2D eigenvalue weighted by Gasteiger charge is -2.36. The van der Waals surface area contributed by atoms with Gasteiger partial charge in [-0.3, -0.25) is 14.5 Å². The number of carbonyl (C=O) groups excluding carboxylic acids is 2. The summed E-state index contributed by atoms with van der Waals surface area (Å²) in [4.78, 5) is 30.3. The van der Waals surface area contributed by atoms with Crippen LogP contribution in [-0.2, 0) is 15.0 Å². The number of carbonyl (C=O) groups is 2. The highest BCUT2D eigenvalue weighted by Gasteiger charge is 2.28. The second-order valence-electron chi connectivity index (χ2n) is 9.18. The monoisotopic (exact) mass is 386 g/mol. The molecule has 0 unspecified atom stereocenters. The van der Waals surface area contributed by atoms with Crippen molar-refractivity contribution in [2.45, 2.75) is 45.1 Å². The van der Waals surface area contributed by atoms with Crippen LogP contribution in [0.2, 0.25) is 0 Å². The molecule has 0 spiro atoms. The van der Waals surface area contributed by atoms with Gasteiger partial charge >= 0.3 is 0 Å². The molecule has 1 N–H and O–H groups in total.